The molecule has 0 saturated carbocycles. The van der Waals surface area contributed by atoms with Crippen molar-refractivity contribution in [2.24, 2.45) is 11.8 Å². The third-order valence-electron chi connectivity index (χ3n) is 5.35. The summed E-state index contributed by atoms with van der Waals surface area (Å²) in [5, 5.41) is 0. The van der Waals surface area contributed by atoms with Crippen LogP contribution in [-0.4, -0.2) is 36.1 Å². The maximum absolute atomic E-state index is 12.6. The predicted molar refractivity (Wildman–Crippen MR) is 125 cm³/mol. The highest BCUT2D eigenvalue weighted by Crippen LogP contribution is 2.18. The van der Waals surface area contributed by atoms with Crippen LogP contribution in [0.25, 0.3) is 0 Å². The van der Waals surface area contributed by atoms with Crippen LogP contribution in [0.1, 0.15) is 99.8 Å². The zero-order chi connectivity index (χ0) is 20.8. The summed E-state index contributed by atoms with van der Waals surface area (Å²) in [5.74, 6) is -0.153. The molecule has 0 aliphatic heterocycles. The average Bonchev–Trinajstić information content (AvgIpc) is 2.73. The second-order valence-corrected chi connectivity index (χ2v) is 7.58. The average molecular weight is 423 g/mol. The summed E-state index contributed by atoms with van der Waals surface area (Å²) in [6.45, 7) is 9.34. The van der Waals surface area contributed by atoms with Crippen LogP contribution in [0.2, 0.25) is 0 Å². The van der Waals surface area contributed by atoms with Crippen LogP contribution in [0.5, 0.6) is 0 Å². The molecule has 0 fully saturated rings. The van der Waals surface area contributed by atoms with Crippen LogP contribution >= 0.6 is 0 Å². The zero-order valence-electron chi connectivity index (χ0n) is 18.2. The van der Waals surface area contributed by atoms with E-state index in [1.807, 2.05) is 0 Å². The molecule has 0 radical (unpaired) electrons. The second kappa shape index (κ2) is 16.2. The van der Waals surface area contributed by atoms with Gasteiger partial charge in [-0.05, 0) is 47.8 Å². The molecule has 29 heavy (non-hydrogen) atoms. The SMILES string of the molecule is CCCCC(CC)COC(=O)c1ccccc1C(=O)OCC(CC)CCCC.[SiH4]. The van der Waals surface area contributed by atoms with Gasteiger partial charge in [-0.3, -0.25) is 0 Å². The quantitative estimate of drug-likeness (QED) is 0.313. The Bertz CT molecular complexity index is 537. The molecule has 0 aliphatic carbocycles. The van der Waals surface area contributed by atoms with Crippen LogP contribution in [0.4, 0.5) is 0 Å². The molecule has 2 unspecified atom stereocenters. The molecule has 5 heteroatoms. The Morgan fingerprint density at radius 3 is 1.45 bits per heavy atom. The van der Waals surface area contributed by atoms with E-state index in [-0.39, 0.29) is 11.0 Å². The first kappa shape index (κ1) is 27.4. The maximum atomic E-state index is 12.6. The van der Waals surface area contributed by atoms with E-state index in [2.05, 4.69) is 27.7 Å². The van der Waals surface area contributed by atoms with Gasteiger partial charge in [-0.1, -0.05) is 78.4 Å². The molecule has 0 saturated heterocycles. The Morgan fingerprint density at radius 2 is 1.14 bits per heavy atom. The first-order valence-electron chi connectivity index (χ1n) is 11.0. The highest BCUT2D eigenvalue weighted by Gasteiger charge is 2.21. The number of ether oxygens (including phenoxy) is 2. The lowest BCUT2D eigenvalue weighted by atomic mass is 10.0. The molecule has 1 aromatic rings. The third-order valence-corrected chi connectivity index (χ3v) is 5.35. The Hall–Kier alpha value is -1.62. The van der Waals surface area contributed by atoms with E-state index in [4.69, 9.17) is 9.47 Å². The summed E-state index contributed by atoms with van der Waals surface area (Å²) >= 11 is 0. The summed E-state index contributed by atoms with van der Waals surface area (Å²) < 4.78 is 11.0. The fraction of sp³-hybridized carbons (Fsp3) is 0.667. The van der Waals surface area contributed by atoms with Crippen LogP contribution in [0.15, 0.2) is 24.3 Å². The highest BCUT2D eigenvalue weighted by molar-refractivity contribution is 6.03. The van der Waals surface area contributed by atoms with Crippen molar-refractivity contribution in [2.45, 2.75) is 79.1 Å². The molecule has 0 bridgehead atoms. The molecule has 0 aliphatic rings. The van der Waals surface area contributed by atoms with Crippen molar-refractivity contribution in [1.82, 2.24) is 0 Å². The Kier molecular flexibility index (Phi) is 15.3. The van der Waals surface area contributed by atoms with Crippen LogP contribution in [0, 0.1) is 11.8 Å². The zero-order valence-corrected chi connectivity index (χ0v) is 18.2. The molecular formula is C24H42O4Si. The number of unbranched alkanes of at least 4 members (excludes halogenated alkanes) is 2. The Balaban J connectivity index is 0.00000784. The monoisotopic (exact) mass is 422 g/mol. The second-order valence-electron chi connectivity index (χ2n) is 7.58. The number of benzene rings is 1. The van der Waals surface area contributed by atoms with Gasteiger partial charge in [0.25, 0.3) is 0 Å². The molecule has 0 spiro atoms. The van der Waals surface area contributed by atoms with Crippen molar-refractivity contribution >= 4 is 22.9 Å². The number of rotatable bonds is 14. The van der Waals surface area contributed by atoms with E-state index >= 15 is 0 Å². The molecule has 4 nitrogen and oxygen atoms in total. The summed E-state index contributed by atoms with van der Waals surface area (Å²) in [5.41, 5.74) is 0.582. The molecular weight excluding hydrogens is 380 g/mol. The molecule has 2 atom stereocenters. The van der Waals surface area contributed by atoms with Gasteiger partial charge in [0.1, 0.15) is 0 Å². The van der Waals surface area contributed by atoms with Crippen molar-refractivity contribution in [3.8, 4) is 0 Å². The first-order valence-corrected chi connectivity index (χ1v) is 11.0. The number of carbonyl (C=O) groups excluding carboxylic acids is 2. The van der Waals surface area contributed by atoms with Gasteiger partial charge in [0.05, 0.1) is 24.3 Å². The largest absolute Gasteiger partial charge is 0.462 e. The third kappa shape index (κ3) is 10.1. The van der Waals surface area contributed by atoms with E-state index in [1.54, 1.807) is 24.3 Å². The highest BCUT2D eigenvalue weighted by atomic mass is 28.1. The van der Waals surface area contributed by atoms with E-state index < -0.39 is 11.9 Å². The summed E-state index contributed by atoms with van der Waals surface area (Å²) in [4.78, 5) is 25.1. The number of hydrogen-bond donors (Lipinski definition) is 0. The van der Waals surface area contributed by atoms with Crippen LogP contribution < -0.4 is 0 Å². The lowest BCUT2D eigenvalue weighted by molar-refractivity contribution is 0.0381. The molecule has 1 aromatic carbocycles. The minimum atomic E-state index is -0.444. The Morgan fingerprint density at radius 1 is 0.759 bits per heavy atom. The fourth-order valence-corrected chi connectivity index (χ4v) is 3.18. The minimum absolute atomic E-state index is 0. The topological polar surface area (TPSA) is 52.6 Å². The van der Waals surface area contributed by atoms with Gasteiger partial charge in [0.2, 0.25) is 0 Å². The van der Waals surface area contributed by atoms with Gasteiger partial charge in [0.15, 0.2) is 0 Å². The molecule has 0 heterocycles. The summed E-state index contributed by atoms with van der Waals surface area (Å²) in [6.07, 6.45) is 8.61. The summed E-state index contributed by atoms with van der Waals surface area (Å²) in [7, 11) is 0. The van der Waals surface area contributed by atoms with Crippen molar-refractivity contribution < 1.29 is 19.1 Å². The van der Waals surface area contributed by atoms with Gasteiger partial charge in [-0.15, -0.1) is 0 Å². The molecule has 0 amide bonds. The van der Waals surface area contributed by atoms with Gasteiger partial charge in [0, 0.05) is 0 Å². The van der Waals surface area contributed by atoms with Crippen molar-refractivity contribution in [2.75, 3.05) is 13.2 Å². The van der Waals surface area contributed by atoms with Gasteiger partial charge in [-0.2, -0.15) is 0 Å². The van der Waals surface area contributed by atoms with E-state index in [9.17, 15) is 9.59 Å². The smallest absolute Gasteiger partial charge is 0.339 e. The fourth-order valence-electron chi connectivity index (χ4n) is 3.18. The molecule has 0 N–H and O–H groups in total. The Labute approximate surface area is 181 Å². The van der Waals surface area contributed by atoms with Crippen molar-refractivity contribution in [3.63, 3.8) is 0 Å². The van der Waals surface area contributed by atoms with Crippen LogP contribution in [-0.2, 0) is 9.47 Å². The summed E-state index contributed by atoms with van der Waals surface area (Å²) in [6, 6.07) is 6.77. The lowest BCUT2D eigenvalue weighted by Gasteiger charge is -2.17. The van der Waals surface area contributed by atoms with E-state index in [1.165, 1.54) is 0 Å². The number of carbonyl (C=O) groups is 2. The predicted octanol–water partition coefficient (Wildman–Crippen LogP) is 4.98. The number of esters is 2. The van der Waals surface area contributed by atoms with Gasteiger partial charge in [-0.25, -0.2) is 9.59 Å². The standard InChI is InChI=1S/C24H38O4.H4Si/c1-5-9-13-19(7-3)17-27-23(25)21-15-11-12-16-22(21)24(26)28-18-20(8-4)14-10-6-2;/h11-12,15-16,19-20H,5-10,13-14,17-18H2,1-4H3;1H4. The number of hydrogen-bond acceptors (Lipinski definition) is 4. The molecule has 0 aromatic heterocycles. The first-order chi connectivity index (χ1) is 13.6. The van der Waals surface area contributed by atoms with Gasteiger partial charge >= 0.3 is 11.9 Å². The molecule has 1 rings (SSSR count). The maximum Gasteiger partial charge on any atom is 0.339 e. The van der Waals surface area contributed by atoms with Gasteiger partial charge < -0.3 is 9.47 Å². The van der Waals surface area contributed by atoms with Crippen LogP contribution in [0.3, 0.4) is 0 Å². The van der Waals surface area contributed by atoms with E-state index in [0.29, 0.717) is 36.2 Å². The minimum Gasteiger partial charge on any atom is -0.462 e. The normalized spacial score (nSPS) is 12.6. The van der Waals surface area contributed by atoms with Crippen molar-refractivity contribution in [1.29, 1.82) is 0 Å². The molecule has 166 valence electrons. The van der Waals surface area contributed by atoms with E-state index in [0.717, 1.165) is 51.4 Å². The van der Waals surface area contributed by atoms with Crippen molar-refractivity contribution in [3.05, 3.63) is 35.4 Å². The lowest BCUT2D eigenvalue weighted by Crippen LogP contribution is -2.19.